The summed E-state index contributed by atoms with van der Waals surface area (Å²) in [6.07, 6.45) is 1.84. The number of hydrogen-bond donors (Lipinski definition) is 1. The first-order chi connectivity index (χ1) is 13.8. The summed E-state index contributed by atoms with van der Waals surface area (Å²) in [6, 6.07) is 11.8. The standard InChI is InChI=1S/C20H23N3O5S/c1-15-4-3-11-22(14-15)29(27,28)19-6-2-5-16(12-19)20(24)13-21-17-7-9-18(10-8-17)23(25)26/h2,5-10,12,15,21H,3-4,11,13-14H2,1H3. The van der Waals surface area contributed by atoms with Gasteiger partial charge in [-0.05, 0) is 43.0 Å². The third kappa shape index (κ3) is 4.99. The highest BCUT2D eigenvalue weighted by Gasteiger charge is 2.29. The van der Waals surface area contributed by atoms with Crippen molar-refractivity contribution in [3.8, 4) is 0 Å². The highest BCUT2D eigenvalue weighted by atomic mass is 32.2. The Labute approximate surface area is 169 Å². The molecule has 1 fully saturated rings. The lowest BCUT2D eigenvalue weighted by Crippen LogP contribution is -2.39. The van der Waals surface area contributed by atoms with Crippen molar-refractivity contribution in [3.05, 3.63) is 64.2 Å². The molecule has 0 amide bonds. The number of Topliss-reactive ketones (excluding diaryl/α,β-unsaturated/α-hetero) is 1. The minimum absolute atomic E-state index is 0.0354. The van der Waals surface area contributed by atoms with Crippen LogP contribution < -0.4 is 5.32 Å². The van der Waals surface area contributed by atoms with Crippen molar-refractivity contribution in [1.82, 2.24) is 4.31 Å². The number of piperidine rings is 1. The zero-order chi connectivity index (χ0) is 21.0. The van der Waals surface area contributed by atoms with Crippen LogP contribution in [-0.2, 0) is 10.0 Å². The van der Waals surface area contributed by atoms with Gasteiger partial charge in [0, 0.05) is 36.5 Å². The first-order valence-electron chi connectivity index (χ1n) is 9.39. The number of sulfonamides is 1. The lowest BCUT2D eigenvalue weighted by atomic mass is 10.0. The van der Waals surface area contributed by atoms with E-state index >= 15 is 0 Å². The smallest absolute Gasteiger partial charge is 0.269 e. The van der Waals surface area contributed by atoms with Crippen LogP contribution in [0.2, 0.25) is 0 Å². The maximum absolute atomic E-state index is 12.9. The van der Waals surface area contributed by atoms with Crippen LogP contribution in [0.3, 0.4) is 0 Å². The van der Waals surface area contributed by atoms with Gasteiger partial charge in [-0.2, -0.15) is 4.31 Å². The molecular weight excluding hydrogens is 394 g/mol. The minimum atomic E-state index is -3.63. The zero-order valence-electron chi connectivity index (χ0n) is 16.1. The van der Waals surface area contributed by atoms with Crippen LogP contribution in [0.15, 0.2) is 53.4 Å². The molecule has 8 nitrogen and oxygen atoms in total. The molecular formula is C20H23N3O5S. The van der Waals surface area contributed by atoms with Gasteiger partial charge in [0.2, 0.25) is 10.0 Å². The molecule has 2 aromatic carbocycles. The van der Waals surface area contributed by atoms with E-state index in [1.54, 1.807) is 12.1 Å². The summed E-state index contributed by atoms with van der Waals surface area (Å²) in [4.78, 5) is 22.8. The second-order valence-corrected chi connectivity index (χ2v) is 9.16. The zero-order valence-corrected chi connectivity index (χ0v) is 16.9. The molecule has 3 rings (SSSR count). The summed E-state index contributed by atoms with van der Waals surface area (Å²) in [5, 5.41) is 13.6. The van der Waals surface area contributed by atoms with Crippen molar-refractivity contribution in [3.63, 3.8) is 0 Å². The number of rotatable bonds is 7. The molecule has 1 atom stereocenters. The quantitative estimate of drug-likeness (QED) is 0.420. The third-order valence-corrected chi connectivity index (χ3v) is 6.81. The Bertz CT molecular complexity index is 1010. The van der Waals surface area contributed by atoms with Crippen LogP contribution in [-0.4, -0.2) is 43.1 Å². The maximum atomic E-state index is 12.9. The molecule has 1 aliphatic heterocycles. The number of anilines is 1. The number of carbonyl (C=O) groups excluding carboxylic acids is 1. The van der Waals surface area contributed by atoms with E-state index < -0.39 is 14.9 Å². The molecule has 29 heavy (non-hydrogen) atoms. The Morgan fingerprint density at radius 2 is 1.97 bits per heavy atom. The van der Waals surface area contributed by atoms with Gasteiger partial charge in [0.25, 0.3) is 5.69 Å². The minimum Gasteiger partial charge on any atom is -0.378 e. The van der Waals surface area contributed by atoms with Crippen LogP contribution in [0.4, 0.5) is 11.4 Å². The largest absolute Gasteiger partial charge is 0.378 e. The summed E-state index contributed by atoms with van der Waals surface area (Å²) < 4.78 is 27.3. The Balaban J connectivity index is 1.69. The SMILES string of the molecule is CC1CCCN(S(=O)(=O)c2cccc(C(=O)CNc3ccc([N+](=O)[O-])cc3)c2)C1. The van der Waals surface area contributed by atoms with Crippen molar-refractivity contribution in [1.29, 1.82) is 0 Å². The van der Waals surface area contributed by atoms with Gasteiger partial charge < -0.3 is 5.32 Å². The molecule has 9 heteroatoms. The molecule has 0 saturated carbocycles. The van der Waals surface area contributed by atoms with Gasteiger partial charge in [0.15, 0.2) is 5.78 Å². The topological polar surface area (TPSA) is 110 Å². The Hall–Kier alpha value is -2.78. The molecule has 1 heterocycles. The molecule has 1 unspecified atom stereocenters. The number of non-ortho nitro benzene ring substituents is 1. The van der Waals surface area contributed by atoms with Crippen LogP contribution in [0.1, 0.15) is 30.1 Å². The van der Waals surface area contributed by atoms with Gasteiger partial charge in [-0.15, -0.1) is 0 Å². The fourth-order valence-electron chi connectivity index (χ4n) is 3.33. The lowest BCUT2D eigenvalue weighted by Gasteiger charge is -2.30. The van der Waals surface area contributed by atoms with Crippen LogP contribution in [0, 0.1) is 16.0 Å². The first kappa shape index (κ1) is 20.9. The molecule has 0 radical (unpaired) electrons. The molecule has 0 spiro atoms. The molecule has 0 aliphatic carbocycles. The van der Waals surface area contributed by atoms with Gasteiger partial charge >= 0.3 is 0 Å². The van der Waals surface area contributed by atoms with Crippen molar-refractivity contribution in [2.24, 2.45) is 5.92 Å². The molecule has 1 saturated heterocycles. The summed E-state index contributed by atoms with van der Waals surface area (Å²) in [5.41, 5.74) is 0.826. The van der Waals surface area contributed by atoms with E-state index in [-0.39, 0.29) is 22.9 Å². The number of nitrogens with zero attached hydrogens (tertiary/aromatic N) is 2. The molecule has 2 aromatic rings. The molecule has 154 valence electrons. The predicted octanol–water partition coefficient (Wildman–Crippen LogP) is 3.31. The second kappa shape index (κ2) is 8.71. The van der Waals surface area contributed by atoms with Crippen molar-refractivity contribution >= 4 is 27.2 Å². The van der Waals surface area contributed by atoms with Gasteiger partial charge in [-0.25, -0.2) is 8.42 Å². The first-order valence-corrected chi connectivity index (χ1v) is 10.8. The van der Waals surface area contributed by atoms with E-state index in [1.165, 1.54) is 40.7 Å². The van der Waals surface area contributed by atoms with E-state index in [9.17, 15) is 23.3 Å². The fourth-order valence-corrected chi connectivity index (χ4v) is 4.97. The van der Waals surface area contributed by atoms with Gasteiger partial charge in [-0.1, -0.05) is 19.1 Å². The number of nitro benzene ring substituents is 1. The fraction of sp³-hybridized carbons (Fsp3) is 0.350. The predicted molar refractivity (Wildman–Crippen MR) is 110 cm³/mol. The summed E-state index contributed by atoms with van der Waals surface area (Å²) >= 11 is 0. The van der Waals surface area contributed by atoms with Crippen LogP contribution in [0.5, 0.6) is 0 Å². The Morgan fingerprint density at radius 1 is 1.24 bits per heavy atom. The number of benzene rings is 2. The number of hydrogen-bond acceptors (Lipinski definition) is 6. The monoisotopic (exact) mass is 417 g/mol. The normalized spacial score (nSPS) is 17.6. The van der Waals surface area contributed by atoms with Gasteiger partial charge in [0.05, 0.1) is 16.4 Å². The second-order valence-electron chi connectivity index (χ2n) is 7.22. The Kier molecular flexibility index (Phi) is 6.29. The van der Waals surface area contributed by atoms with Crippen LogP contribution >= 0.6 is 0 Å². The number of carbonyl (C=O) groups is 1. The van der Waals surface area contributed by atoms with Crippen molar-refractivity contribution < 1.29 is 18.1 Å². The van der Waals surface area contributed by atoms with E-state index in [0.717, 1.165) is 12.8 Å². The highest BCUT2D eigenvalue weighted by Crippen LogP contribution is 2.24. The third-order valence-electron chi connectivity index (χ3n) is 4.94. The average Bonchev–Trinajstić information content (AvgIpc) is 2.72. The molecule has 0 bridgehead atoms. The van der Waals surface area contributed by atoms with E-state index in [1.807, 2.05) is 6.92 Å². The van der Waals surface area contributed by atoms with Gasteiger partial charge in [0.1, 0.15) is 0 Å². The van der Waals surface area contributed by atoms with E-state index in [2.05, 4.69) is 5.32 Å². The van der Waals surface area contributed by atoms with Crippen molar-refractivity contribution in [2.45, 2.75) is 24.7 Å². The maximum Gasteiger partial charge on any atom is 0.269 e. The summed E-state index contributed by atoms with van der Waals surface area (Å²) in [6.45, 7) is 2.96. The van der Waals surface area contributed by atoms with Crippen molar-refractivity contribution in [2.75, 3.05) is 25.0 Å². The summed E-state index contributed by atoms with van der Waals surface area (Å²) in [5.74, 6) is 0.0432. The van der Waals surface area contributed by atoms with E-state index in [4.69, 9.17) is 0 Å². The number of ketones is 1. The average molecular weight is 417 g/mol. The lowest BCUT2D eigenvalue weighted by molar-refractivity contribution is -0.384. The molecule has 1 aliphatic rings. The number of nitro groups is 1. The van der Waals surface area contributed by atoms with E-state index in [0.29, 0.717) is 30.3 Å². The van der Waals surface area contributed by atoms with Gasteiger partial charge in [-0.3, -0.25) is 14.9 Å². The summed E-state index contributed by atoms with van der Waals surface area (Å²) in [7, 11) is -3.63. The molecule has 1 N–H and O–H groups in total. The Morgan fingerprint density at radius 3 is 2.62 bits per heavy atom. The number of nitrogens with one attached hydrogen (secondary N) is 1. The van der Waals surface area contributed by atoms with Crippen LogP contribution in [0.25, 0.3) is 0 Å². The highest BCUT2D eigenvalue weighted by molar-refractivity contribution is 7.89. The molecule has 0 aromatic heterocycles.